The third-order valence-electron chi connectivity index (χ3n) is 5.56. The van der Waals surface area contributed by atoms with E-state index in [1.54, 1.807) is 0 Å². The summed E-state index contributed by atoms with van der Waals surface area (Å²) in [6.45, 7) is 2.73. The van der Waals surface area contributed by atoms with E-state index in [0.717, 1.165) is 48.6 Å². The summed E-state index contributed by atoms with van der Waals surface area (Å²) >= 11 is 6.04. The lowest BCUT2D eigenvalue weighted by atomic mass is 9.95. The van der Waals surface area contributed by atoms with E-state index in [9.17, 15) is 4.79 Å². The Hall–Kier alpha value is -1.85. The van der Waals surface area contributed by atoms with Crippen LogP contribution >= 0.6 is 11.6 Å². The van der Waals surface area contributed by atoms with Gasteiger partial charge in [-0.05, 0) is 69.3 Å². The second-order valence-electron chi connectivity index (χ2n) is 7.26. The monoisotopic (exact) mass is 372 g/mol. The molecule has 1 atom stereocenters. The molecule has 2 N–H and O–H groups in total. The van der Waals surface area contributed by atoms with Gasteiger partial charge in [-0.15, -0.1) is 0 Å². The fourth-order valence-electron chi connectivity index (χ4n) is 4.14. The van der Waals surface area contributed by atoms with Crippen LogP contribution in [-0.4, -0.2) is 40.6 Å². The molecule has 5 nitrogen and oxygen atoms in total. The molecule has 6 heteroatoms. The number of aromatic amines is 1. The number of rotatable bonds is 5. The predicted molar refractivity (Wildman–Crippen MR) is 103 cm³/mol. The number of aromatic nitrogens is 2. The molecule has 2 aliphatic rings. The highest BCUT2D eigenvalue weighted by molar-refractivity contribution is 6.30. The molecule has 1 fully saturated rings. The molecule has 2 aromatic rings. The highest BCUT2D eigenvalue weighted by Crippen LogP contribution is 2.26. The molecule has 4 rings (SSSR count). The molecule has 0 radical (unpaired) electrons. The van der Waals surface area contributed by atoms with Gasteiger partial charge in [0.2, 0.25) is 0 Å². The molecule has 0 unspecified atom stereocenters. The number of aryl methyl sites for hydroxylation is 1. The van der Waals surface area contributed by atoms with Gasteiger partial charge >= 0.3 is 0 Å². The molecule has 1 aliphatic carbocycles. The van der Waals surface area contributed by atoms with Crippen molar-refractivity contribution in [2.45, 2.75) is 44.6 Å². The number of likely N-dealkylation sites (tertiary alicyclic amines) is 1. The van der Waals surface area contributed by atoms with Gasteiger partial charge in [0.1, 0.15) is 0 Å². The largest absolute Gasteiger partial charge is 0.349 e. The SMILES string of the molecule is O=C(NC[C@H](c1ccc(Cl)cc1)N1CCCC1)c1n[nH]c2c1CCCC2. The molecule has 1 saturated heterocycles. The highest BCUT2D eigenvalue weighted by Gasteiger charge is 2.26. The van der Waals surface area contributed by atoms with Gasteiger partial charge in [0.05, 0.1) is 6.04 Å². The van der Waals surface area contributed by atoms with E-state index in [2.05, 4.69) is 32.5 Å². The molecule has 1 aliphatic heterocycles. The topological polar surface area (TPSA) is 61.0 Å². The smallest absolute Gasteiger partial charge is 0.272 e. The zero-order chi connectivity index (χ0) is 17.9. The molecular weight excluding hydrogens is 348 g/mol. The standard InChI is InChI=1S/C20H25ClN4O/c21-15-9-7-14(8-10-15)18(25-11-3-4-12-25)13-22-20(26)19-16-5-1-2-6-17(16)23-24-19/h7-10,18H,1-6,11-13H2,(H,22,26)(H,23,24)/t18-/m1/s1. The van der Waals surface area contributed by atoms with Crippen LogP contribution < -0.4 is 5.32 Å². The molecular formula is C20H25ClN4O. The van der Waals surface area contributed by atoms with E-state index in [0.29, 0.717) is 12.2 Å². The van der Waals surface area contributed by atoms with Crippen molar-refractivity contribution in [1.82, 2.24) is 20.4 Å². The summed E-state index contributed by atoms with van der Waals surface area (Å²) in [6.07, 6.45) is 6.67. The van der Waals surface area contributed by atoms with Crippen LogP contribution in [0.2, 0.25) is 5.02 Å². The quantitative estimate of drug-likeness (QED) is 0.844. The first kappa shape index (κ1) is 17.6. The van der Waals surface area contributed by atoms with Gasteiger partial charge in [0.25, 0.3) is 5.91 Å². The van der Waals surface area contributed by atoms with Crippen molar-refractivity contribution >= 4 is 17.5 Å². The lowest BCUT2D eigenvalue weighted by Gasteiger charge is -2.28. The number of nitrogens with zero attached hydrogens (tertiary/aromatic N) is 2. The number of halogens is 1. The molecule has 138 valence electrons. The van der Waals surface area contributed by atoms with Gasteiger partial charge in [-0.1, -0.05) is 23.7 Å². The van der Waals surface area contributed by atoms with Gasteiger partial charge in [0.15, 0.2) is 5.69 Å². The van der Waals surface area contributed by atoms with E-state index in [1.165, 1.54) is 24.8 Å². The average molecular weight is 373 g/mol. The minimum atomic E-state index is -0.0671. The summed E-state index contributed by atoms with van der Waals surface area (Å²) in [5.74, 6) is -0.0671. The fourth-order valence-corrected chi connectivity index (χ4v) is 4.26. The molecule has 0 saturated carbocycles. The van der Waals surface area contributed by atoms with Crippen LogP contribution in [0.15, 0.2) is 24.3 Å². The second kappa shape index (κ2) is 7.80. The van der Waals surface area contributed by atoms with Crippen molar-refractivity contribution < 1.29 is 4.79 Å². The van der Waals surface area contributed by atoms with Gasteiger partial charge in [-0.2, -0.15) is 5.10 Å². The molecule has 1 amide bonds. The Labute approximate surface area is 159 Å². The van der Waals surface area contributed by atoms with E-state index < -0.39 is 0 Å². The van der Waals surface area contributed by atoms with Crippen LogP contribution in [0, 0.1) is 0 Å². The number of amides is 1. The first-order valence-electron chi connectivity index (χ1n) is 9.56. The Morgan fingerprint density at radius 3 is 2.65 bits per heavy atom. The van der Waals surface area contributed by atoms with Crippen LogP contribution in [0.5, 0.6) is 0 Å². The van der Waals surface area contributed by atoms with E-state index in [4.69, 9.17) is 11.6 Å². The summed E-state index contributed by atoms with van der Waals surface area (Å²) in [5, 5.41) is 11.2. The van der Waals surface area contributed by atoms with Crippen LogP contribution in [-0.2, 0) is 12.8 Å². The Balaban J connectivity index is 1.48. The minimum absolute atomic E-state index is 0.0671. The molecule has 0 spiro atoms. The number of benzene rings is 1. The van der Waals surface area contributed by atoms with E-state index >= 15 is 0 Å². The van der Waals surface area contributed by atoms with Crippen LogP contribution in [0.3, 0.4) is 0 Å². The highest BCUT2D eigenvalue weighted by atomic mass is 35.5. The van der Waals surface area contributed by atoms with Crippen molar-refractivity contribution in [2.75, 3.05) is 19.6 Å². The van der Waals surface area contributed by atoms with Crippen molar-refractivity contribution in [2.24, 2.45) is 0 Å². The maximum Gasteiger partial charge on any atom is 0.272 e. The number of hydrogen-bond acceptors (Lipinski definition) is 3. The van der Waals surface area contributed by atoms with Gasteiger partial charge in [0, 0.05) is 22.8 Å². The van der Waals surface area contributed by atoms with Crippen molar-refractivity contribution in [1.29, 1.82) is 0 Å². The number of nitrogens with one attached hydrogen (secondary N) is 2. The summed E-state index contributed by atoms with van der Waals surface area (Å²) in [4.78, 5) is 15.2. The number of carbonyl (C=O) groups is 1. The number of fused-ring (bicyclic) bond motifs is 1. The summed E-state index contributed by atoms with van der Waals surface area (Å²) in [7, 11) is 0. The van der Waals surface area contributed by atoms with Crippen molar-refractivity contribution in [3.8, 4) is 0 Å². The first-order valence-corrected chi connectivity index (χ1v) is 9.94. The van der Waals surface area contributed by atoms with E-state index in [-0.39, 0.29) is 11.9 Å². The van der Waals surface area contributed by atoms with Gasteiger partial charge < -0.3 is 5.32 Å². The maximum atomic E-state index is 12.7. The molecule has 1 aromatic carbocycles. The predicted octanol–water partition coefficient (Wildman–Crippen LogP) is 3.51. The van der Waals surface area contributed by atoms with Crippen molar-refractivity contribution in [3.63, 3.8) is 0 Å². The third-order valence-corrected chi connectivity index (χ3v) is 5.82. The van der Waals surface area contributed by atoms with Gasteiger partial charge in [-0.25, -0.2) is 0 Å². The second-order valence-corrected chi connectivity index (χ2v) is 7.69. The lowest BCUT2D eigenvalue weighted by Crippen LogP contribution is -2.37. The Bertz CT molecular complexity index is 765. The van der Waals surface area contributed by atoms with Crippen molar-refractivity contribution in [3.05, 3.63) is 51.8 Å². The molecule has 2 heterocycles. The Morgan fingerprint density at radius 1 is 1.15 bits per heavy atom. The average Bonchev–Trinajstić information content (AvgIpc) is 3.33. The summed E-state index contributed by atoms with van der Waals surface area (Å²) < 4.78 is 0. The molecule has 26 heavy (non-hydrogen) atoms. The fraction of sp³-hybridized carbons (Fsp3) is 0.500. The van der Waals surface area contributed by atoms with Gasteiger partial charge in [-0.3, -0.25) is 14.8 Å². The molecule has 0 bridgehead atoms. The summed E-state index contributed by atoms with van der Waals surface area (Å²) in [5.41, 5.74) is 4.02. The Morgan fingerprint density at radius 2 is 1.88 bits per heavy atom. The summed E-state index contributed by atoms with van der Waals surface area (Å²) in [6, 6.07) is 8.15. The first-order chi connectivity index (χ1) is 12.7. The zero-order valence-electron chi connectivity index (χ0n) is 14.9. The number of carbonyl (C=O) groups excluding carboxylic acids is 1. The zero-order valence-corrected chi connectivity index (χ0v) is 15.7. The lowest BCUT2D eigenvalue weighted by molar-refractivity contribution is 0.0932. The molecule has 1 aromatic heterocycles. The Kier molecular flexibility index (Phi) is 5.27. The maximum absolute atomic E-state index is 12.7. The van der Waals surface area contributed by atoms with Crippen LogP contribution in [0.4, 0.5) is 0 Å². The normalized spacial score (nSPS) is 18.5. The van der Waals surface area contributed by atoms with Crippen LogP contribution in [0.25, 0.3) is 0 Å². The number of H-pyrrole nitrogens is 1. The minimum Gasteiger partial charge on any atom is -0.349 e. The number of hydrogen-bond donors (Lipinski definition) is 2. The van der Waals surface area contributed by atoms with E-state index in [1.807, 2.05) is 12.1 Å². The third kappa shape index (κ3) is 3.64. The van der Waals surface area contributed by atoms with Crippen LogP contribution in [0.1, 0.15) is 59.0 Å².